The van der Waals surface area contributed by atoms with Crippen LogP contribution in [-0.4, -0.2) is 23.9 Å². The first-order chi connectivity index (χ1) is 9.69. The summed E-state index contributed by atoms with van der Waals surface area (Å²) in [6.45, 7) is 4.04. The zero-order valence-electron chi connectivity index (χ0n) is 11.3. The number of halogens is 1. The molecule has 2 aromatic rings. The number of nitrogens with zero attached hydrogens (tertiary/aromatic N) is 1. The van der Waals surface area contributed by atoms with Gasteiger partial charge in [0.2, 0.25) is 5.91 Å². The van der Waals surface area contributed by atoms with Gasteiger partial charge in [0.05, 0.1) is 17.3 Å². The van der Waals surface area contributed by atoms with E-state index < -0.39 is 0 Å². The topological polar surface area (TPSA) is 32.3 Å². The van der Waals surface area contributed by atoms with E-state index in [0.29, 0.717) is 17.3 Å². The first-order valence-corrected chi connectivity index (χ1v) is 7.74. The number of para-hydroxylation sites is 1. The molecule has 1 N–H and O–H groups in total. The highest BCUT2D eigenvalue weighted by Crippen LogP contribution is 2.20. The molecule has 1 heterocycles. The number of thiophene rings is 1. The molecule has 0 atom stereocenters. The van der Waals surface area contributed by atoms with Crippen molar-refractivity contribution in [1.82, 2.24) is 4.90 Å². The molecule has 106 valence electrons. The highest BCUT2D eigenvalue weighted by Gasteiger charge is 2.11. The van der Waals surface area contributed by atoms with Crippen LogP contribution in [0.2, 0.25) is 5.02 Å². The first-order valence-electron chi connectivity index (χ1n) is 6.48. The molecular weight excluding hydrogens is 292 g/mol. The Labute approximate surface area is 128 Å². The van der Waals surface area contributed by atoms with E-state index in [2.05, 4.69) is 23.2 Å². The maximum atomic E-state index is 12.1. The lowest BCUT2D eigenvalue weighted by molar-refractivity contribution is -0.117. The standard InChI is InChI=1S/C15H17ClN2OS/c1-2-18(10-12-6-5-9-20-12)11-15(19)17-14-8-4-3-7-13(14)16/h3-9H,2,10-11H2,1H3,(H,17,19). The Kier molecular flexibility index (Phi) is 5.59. The predicted octanol–water partition coefficient (Wildman–Crippen LogP) is 3.86. The van der Waals surface area contributed by atoms with Crippen molar-refractivity contribution in [2.24, 2.45) is 0 Å². The van der Waals surface area contributed by atoms with E-state index in [0.717, 1.165) is 13.1 Å². The quantitative estimate of drug-likeness (QED) is 0.879. The fourth-order valence-corrected chi connectivity index (χ4v) is 2.79. The molecule has 1 aromatic heterocycles. The van der Waals surface area contributed by atoms with Crippen molar-refractivity contribution in [3.05, 3.63) is 51.7 Å². The van der Waals surface area contributed by atoms with Crippen molar-refractivity contribution < 1.29 is 4.79 Å². The molecule has 5 heteroatoms. The molecular formula is C15H17ClN2OS. The third kappa shape index (κ3) is 4.34. The van der Waals surface area contributed by atoms with E-state index in [9.17, 15) is 4.79 Å². The summed E-state index contributed by atoms with van der Waals surface area (Å²) in [5.74, 6) is -0.0449. The van der Waals surface area contributed by atoms with Crippen LogP contribution >= 0.6 is 22.9 Å². The highest BCUT2D eigenvalue weighted by atomic mass is 35.5. The van der Waals surface area contributed by atoms with Crippen LogP contribution in [0.3, 0.4) is 0 Å². The van der Waals surface area contributed by atoms with Gasteiger partial charge in [-0.3, -0.25) is 9.69 Å². The van der Waals surface area contributed by atoms with E-state index in [-0.39, 0.29) is 5.91 Å². The summed E-state index contributed by atoms with van der Waals surface area (Å²) < 4.78 is 0. The third-order valence-electron chi connectivity index (χ3n) is 2.92. The smallest absolute Gasteiger partial charge is 0.238 e. The number of nitrogens with one attached hydrogen (secondary N) is 1. The zero-order chi connectivity index (χ0) is 14.4. The van der Waals surface area contributed by atoms with Crippen LogP contribution in [0.5, 0.6) is 0 Å². The summed E-state index contributed by atoms with van der Waals surface area (Å²) in [6.07, 6.45) is 0. The maximum absolute atomic E-state index is 12.1. The van der Waals surface area contributed by atoms with Gasteiger partial charge >= 0.3 is 0 Å². The van der Waals surface area contributed by atoms with Crippen molar-refractivity contribution in [1.29, 1.82) is 0 Å². The normalized spacial score (nSPS) is 10.8. The molecule has 2 rings (SSSR count). The van der Waals surface area contributed by atoms with Crippen molar-refractivity contribution in [2.45, 2.75) is 13.5 Å². The van der Waals surface area contributed by atoms with Crippen LogP contribution in [0.4, 0.5) is 5.69 Å². The second kappa shape index (κ2) is 7.43. The van der Waals surface area contributed by atoms with Crippen molar-refractivity contribution in [3.8, 4) is 0 Å². The molecule has 0 saturated heterocycles. The van der Waals surface area contributed by atoms with Crippen LogP contribution in [-0.2, 0) is 11.3 Å². The number of likely N-dealkylation sites (N-methyl/N-ethyl adjacent to an activating group) is 1. The van der Waals surface area contributed by atoms with E-state index >= 15 is 0 Å². The molecule has 20 heavy (non-hydrogen) atoms. The molecule has 1 amide bonds. The lowest BCUT2D eigenvalue weighted by atomic mass is 10.3. The van der Waals surface area contributed by atoms with Crippen molar-refractivity contribution >= 4 is 34.5 Å². The van der Waals surface area contributed by atoms with Crippen LogP contribution < -0.4 is 5.32 Å². The van der Waals surface area contributed by atoms with E-state index in [1.54, 1.807) is 23.5 Å². The van der Waals surface area contributed by atoms with E-state index in [4.69, 9.17) is 11.6 Å². The van der Waals surface area contributed by atoms with Gasteiger partial charge in [-0.15, -0.1) is 11.3 Å². The molecule has 0 unspecified atom stereocenters. The minimum absolute atomic E-state index is 0.0449. The summed E-state index contributed by atoms with van der Waals surface area (Å²) in [5, 5.41) is 5.45. The molecule has 0 aliphatic heterocycles. The number of benzene rings is 1. The van der Waals surface area contributed by atoms with Gasteiger partial charge < -0.3 is 5.32 Å². The van der Waals surface area contributed by atoms with Gasteiger partial charge in [-0.25, -0.2) is 0 Å². The molecule has 0 spiro atoms. The third-order valence-corrected chi connectivity index (χ3v) is 4.11. The molecule has 0 radical (unpaired) electrons. The lowest BCUT2D eigenvalue weighted by Crippen LogP contribution is -2.32. The second-order valence-electron chi connectivity index (χ2n) is 4.41. The first kappa shape index (κ1) is 15.0. The summed E-state index contributed by atoms with van der Waals surface area (Å²) in [5.41, 5.74) is 0.659. The van der Waals surface area contributed by atoms with Crippen LogP contribution in [0.15, 0.2) is 41.8 Å². The fourth-order valence-electron chi connectivity index (χ4n) is 1.86. The Morgan fingerprint density at radius 1 is 1.30 bits per heavy atom. The maximum Gasteiger partial charge on any atom is 0.238 e. The zero-order valence-corrected chi connectivity index (χ0v) is 12.9. The number of rotatable bonds is 6. The van der Waals surface area contributed by atoms with Gasteiger partial charge in [0, 0.05) is 11.4 Å². The van der Waals surface area contributed by atoms with Crippen LogP contribution in [0, 0.1) is 0 Å². The minimum atomic E-state index is -0.0449. The Balaban J connectivity index is 1.91. The second-order valence-corrected chi connectivity index (χ2v) is 5.85. The summed E-state index contributed by atoms with van der Waals surface area (Å²) in [4.78, 5) is 15.4. The Hall–Kier alpha value is -1.36. The number of hydrogen-bond donors (Lipinski definition) is 1. The highest BCUT2D eigenvalue weighted by molar-refractivity contribution is 7.09. The molecule has 0 bridgehead atoms. The molecule has 0 fully saturated rings. The molecule has 1 aromatic carbocycles. The predicted molar refractivity (Wildman–Crippen MR) is 85.4 cm³/mol. The lowest BCUT2D eigenvalue weighted by Gasteiger charge is -2.19. The number of carbonyl (C=O) groups excluding carboxylic acids is 1. The number of anilines is 1. The number of amides is 1. The fraction of sp³-hybridized carbons (Fsp3) is 0.267. The molecule has 3 nitrogen and oxygen atoms in total. The molecule has 0 saturated carbocycles. The molecule has 0 aliphatic carbocycles. The van der Waals surface area contributed by atoms with Gasteiger partial charge in [0.1, 0.15) is 0 Å². The average molecular weight is 309 g/mol. The Morgan fingerprint density at radius 3 is 2.75 bits per heavy atom. The largest absolute Gasteiger partial charge is 0.324 e. The SMILES string of the molecule is CCN(CC(=O)Nc1ccccc1Cl)Cc1cccs1. The van der Waals surface area contributed by atoms with Crippen LogP contribution in [0.1, 0.15) is 11.8 Å². The number of carbonyl (C=O) groups is 1. The monoisotopic (exact) mass is 308 g/mol. The number of hydrogen-bond acceptors (Lipinski definition) is 3. The van der Waals surface area contributed by atoms with Gasteiger partial charge in [0.15, 0.2) is 0 Å². The van der Waals surface area contributed by atoms with Crippen molar-refractivity contribution in [2.75, 3.05) is 18.4 Å². The van der Waals surface area contributed by atoms with Crippen molar-refractivity contribution in [3.63, 3.8) is 0 Å². The van der Waals surface area contributed by atoms with Gasteiger partial charge in [-0.05, 0) is 30.1 Å². The average Bonchev–Trinajstić information content (AvgIpc) is 2.93. The molecule has 0 aliphatic rings. The van der Waals surface area contributed by atoms with Gasteiger partial charge in [0.25, 0.3) is 0 Å². The summed E-state index contributed by atoms with van der Waals surface area (Å²) >= 11 is 7.73. The van der Waals surface area contributed by atoms with Gasteiger partial charge in [-0.1, -0.05) is 36.7 Å². The van der Waals surface area contributed by atoms with E-state index in [1.807, 2.05) is 23.6 Å². The minimum Gasteiger partial charge on any atom is -0.324 e. The summed E-state index contributed by atoms with van der Waals surface area (Å²) in [6, 6.07) is 11.4. The Bertz CT molecular complexity index is 557. The Morgan fingerprint density at radius 2 is 2.10 bits per heavy atom. The van der Waals surface area contributed by atoms with Gasteiger partial charge in [-0.2, -0.15) is 0 Å². The van der Waals surface area contributed by atoms with Crippen LogP contribution in [0.25, 0.3) is 0 Å². The summed E-state index contributed by atoms with van der Waals surface area (Å²) in [7, 11) is 0. The van der Waals surface area contributed by atoms with E-state index in [1.165, 1.54) is 4.88 Å².